The summed E-state index contributed by atoms with van der Waals surface area (Å²) in [6.45, 7) is 0.976. The van der Waals surface area contributed by atoms with Gasteiger partial charge in [0.2, 0.25) is 11.8 Å². The van der Waals surface area contributed by atoms with Crippen LogP contribution in [0.2, 0.25) is 0 Å². The maximum atomic E-state index is 12.3. The molecule has 0 aliphatic rings. The molecule has 0 aliphatic heterocycles. The topological polar surface area (TPSA) is 131 Å². The van der Waals surface area contributed by atoms with Gasteiger partial charge in [-0.15, -0.1) is 0 Å². The summed E-state index contributed by atoms with van der Waals surface area (Å²) in [7, 11) is 0. The third-order valence-corrected chi connectivity index (χ3v) is 4.55. The predicted octanol–water partition coefficient (Wildman–Crippen LogP) is 1.62. The Labute approximate surface area is 181 Å². The Balaban J connectivity index is 1.81. The first-order chi connectivity index (χ1) is 15.0. The molecule has 0 aromatic heterocycles. The van der Waals surface area contributed by atoms with Crippen LogP contribution in [0.25, 0.3) is 0 Å². The van der Waals surface area contributed by atoms with Crippen LogP contribution in [0.15, 0.2) is 54.6 Å². The minimum Gasteiger partial charge on any atom is -0.489 e. The number of aliphatic carboxylic acids is 1. The summed E-state index contributed by atoms with van der Waals surface area (Å²) >= 11 is 0. The van der Waals surface area contributed by atoms with Gasteiger partial charge in [-0.2, -0.15) is 0 Å². The Bertz CT molecular complexity index is 840. The van der Waals surface area contributed by atoms with Crippen molar-refractivity contribution in [1.82, 2.24) is 10.6 Å². The molecule has 31 heavy (non-hydrogen) atoms. The number of carboxylic acid groups (broad SMARTS) is 1. The first kappa shape index (κ1) is 23.9. The lowest BCUT2D eigenvalue weighted by Gasteiger charge is -2.17. The van der Waals surface area contributed by atoms with Crippen molar-refractivity contribution in [3.63, 3.8) is 0 Å². The van der Waals surface area contributed by atoms with Crippen molar-refractivity contribution in [1.29, 1.82) is 0 Å². The van der Waals surface area contributed by atoms with Crippen molar-refractivity contribution in [2.24, 2.45) is 5.73 Å². The summed E-state index contributed by atoms with van der Waals surface area (Å²) in [5, 5.41) is 14.1. The van der Waals surface area contributed by atoms with E-state index in [1.54, 1.807) is 0 Å². The summed E-state index contributed by atoms with van der Waals surface area (Å²) in [5.41, 5.74) is 7.36. The summed E-state index contributed by atoms with van der Waals surface area (Å²) in [5.74, 6) is -0.962. The summed E-state index contributed by atoms with van der Waals surface area (Å²) in [4.78, 5) is 35.3. The molecule has 0 saturated heterocycles. The maximum absolute atomic E-state index is 12.3. The number of nitrogens with one attached hydrogen (secondary N) is 2. The number of carbonyl (C=O) groups excluding carboxylic acids is 2. The molecule has 8 nitrogen and oxygen atoms in total. The van der Waals surface area contributed by atoms with Gasteiger partial charge in [0.25, 0.3) is 0 Å². The molecule has 0 bridgehead atoms. The Kier molecular flexibility index (Phi) is 10.0. The van der Waals surface area contributed by atoms with E-state index in [-0.39, 0.29) is 38.3 Å². The van der Waals surface area contributed by atoms with Gasteiger partial charge in [-0.3, -0.25) is 14.4 Å². The zero-order valence-electron chi connectivity index (χ0n) is 17.4. The summed E-state index contributed by atoms with van der Waals surface area (Å²) in [6, 6.07) is 16.4. The molecular formula is C23H29N3O5. The van der Waals surface area contributed by atoms with Gasteiger partial charge in [0, 0.05) is 25.9 Å². The summed E-state index contributed by atoms with van der Waals surface area (Å²) in [6.07, 6.45) is 0.496. The highest BCUT2D eigenvalue weighted by molar-refractivity contribution is 5.88. The fraction of sp³-hybridized carbons (Fsp3) is 0.348. The van der Waals surface area contributed by atoms with Gasteiger partial charge in [0.05, 0.1) is 0 Å². The molecule has 2 rings (SSSR count). The number of carboxylic acids is 1. The van der Waals surface area contributed by atoms with Crippen molar-refractivity contribution >= 4 is 17.8 Å². The van der Waals surface area contributed by atoms with Crippen molar-refractivity contribution in [2.75, 3.05) is 13.1 Å². The van der Waals surface area contributed by atoms with E-state index in [1.807, 2.05) is 54.6 Å². The van der Waals surface area contributed by atoms with E-state index in [0.29, 0.717) is 13.0 Å². The second-order valence-electron chi connectivity index (χ2n) is 7.05. The monoisotopic (exact) mass is 427 g/mol. The average molecular weight is 428 g/mol. The Morgan fingerprint density at radius 2 is 1.65 bits per heavy atom. The molecule has 5 N–H and O–H groups in total. The van der Waals surface area contributed by atoms with Gasteiger partial charge in [-0.05, 0) is 36.1 Å². The normalized spacial score (nSPS) is 11.4. The van der Waals surface area contributed by atoms with Crippen LogP contribution in [0, 0.1) is 0 Å². The van der Waals surface area contributed by atoms with Crippen LogP contribution in [-0.4, -0.2) is 42.0 Å². The summed E-state index contributed by atoms with van der Waals surface area (Å²) < 4.78 is 5.71. The number of benzene rings is 2. The first-order valence-electron chi connectivity index (χ1n) is 10.2. The number of hydrogen-bond acceptors (Lipinski definition) is 5. The predicted molar refractivity (Wildman–Crippen MR) is 116 cm³/mol. The smallest absolute Gasteiger partial charge is 0.303 e. The molecule has 0 radical (unpaired) electrons. The van der Waals surface area contributed by atoms with Gasteiger partial charge in [0.1, 0.15) is 18.4 Å². The van der Waals surface area contributed by atoms with E-state index in [4.69, 9.17) is 15.6 Å². The Hall–Kier alpha value is -3.39. The number of para-hydroxylation sites is 1. The molecule has 2 aromatic carbocycles. The van der Waals surface area contributed by atoms with Crippen LogP contribution in [0.5, 0.6) is 5.75 Å². The molecule has 1 unspecified atom stereocenters. The fourth-order valence-electron chi connectivity index (χ4n) is 2.87. The molecule has 0 fully saturated rings. The van der Waals surface area contributed by atoms with Crippen LogP contribution >= 0.6 is 0 Å². The Morgan fingerprint density at radius 1 is 0.968 bits per heavy atom. The third kappa shape index (κ3) is 9.31. The molecule has 2 amide bonds. The average Bonchev–Trinajstić information content (AvgIpc) is 2.78. The highest BCUT2D eigenvalue weighted by atomic mass is 16.5. The third-order valence-electron chi connectivity index (χ3n) is 4.55. The molecule has 8 heteroatoms. The number of ether oxygens (including phenoxy) is 1. The quantitative estimate of drug-likeness (QED) is 0.384. The number of hydrogen-bond donors (Lipinski definition) is 4. The van der Waals surface area contributed by atoms with E-state index in [0.717, 1.165) is 16.9 Å². The lowest BCUT2D eigenvalue weighted by Crippen LogP contribution is -2.48. The van der Waals surface area contributed by atoms with E-state index >= 15 is 0 Å². The standard InChI is InChI=1S/C23H29N3O5/c24-14-15-25-23(30)20(11-13-22(28)29)26-21(27)12-10-17-6-8-18(9-7-17)16-31-19-4-2-1-3-5-19/h1-9,20H,10-16,24H2,(H,25,30)(H,26,27)(H,28,29). The van der Waals surface area contributed by atoms with Crippen LogP contribution in [-0.2, 0) is 27.4 Å². The van der Waals surface area contributed by atoms with Crippen molar-refractivity contribution in [2.45, 2.75) is 38.3 Å². The molecule has 0 heterocycles. The van der Waals surface area contributed by atoms with Gasteiger partial charge in [0.15, 0.2) is 0 Å². The Morgan fingerprint density at radius 3 is 2.29 bits per heavy atom. The second kappa shape index (κ2) is 13.0. The number of rotatable bonds is 13. The SMILES string of the molecule is NCCNC(=O)C(CCC(=O)O)NC(=O)CCc1ccc(COc2ccccc2)cc1. The van der Waals surface area contributed by atoms with E-state index < -0.39 is 17.9 Å². The van der Waals surface area contributed by atoms with Gasteiger partial charge in [-0.25, -0.2) is 0 Å². The zero-order chi connectivity index (χ0) is 22.5. The number of nitrogens with two attached hydrogens (primary N) is 1. The van der Waals surface area contributed by atoms with Crippen molar-refractivity contribution in [3.05, 3.63) is 65.7 Å². The lowest BCUT2D eigenvalue weighted by atomic mass is 10.1. The number of aryl methyl sites for hydroxylation is 1. The van der Waals surface area contributed by atoms with E-state index in [2.05, 4.69) is 10.6 Å². The molecule has 0 spiro atoms. The molecule has 2 aromatic rings. The van der Waals surface area contributed by atoms with Crippen LogP contribution in [0.1, 0.15) is 30.4 Å². The fourth-order valence-corrected chi connectivity index (χ4v) is 2.87. The molecular weight excluding hydrogens is 398 g/mol. The van der Waals surface area contributed by atoms with Crippen LogP contribution in [0.3, 0.4) is 0 Å². The van der Waals surface area contributed by atoms with Gasteiger partial charge < -0.3 is 26.2 Å². The largest absolute Gasteiger partial charge is 0.489 e. The zero-order valence-corrected chi connectivity index (χ0v) is 17.4. The molecule has 1 atom stereocenters. The van der Waals surface area contributed by atoms with Gasteiger partial charge in [-0.1, -0.05) is 42.5 Å². The van der Waals surface area contributed by atoms with Gasteiger partial charge >= 0.3 is 5.97 Å². The highest BCUT2D eigenvalue weighted by Crippen LogP contribution is 2.13. The minimum atomic E-state index is -1.03. The molecule has 0 saturated carbocycles. The van der Waals surface area contributed by atoms with E-state index in [9.17, 15) is 14.4 Å². The lowest BCUT2D eigenvalue weighted by molar-refractivity contribution is -0.138. The maximum Gasteiger partial charge on any atom is 0.303 e. The number of carbonyl (C=O) groups is 3. The van der Waals surface area contributed by atoms with Crippen molar-refractivity contribution in [3.8, 4) is 5.75 Å². The number of amides is 2. The molecule has 166 valence electrons. The van der Waals surface area contributed by atoms with E-state index in [1.165, 1.54) is 0 Å². The minimum absolute atomic E-state index is 0.0214. The van der Waals surface area contributed by atoms with Crippen LogP contribution < -0.4 is 21.1 Å². The van der Waals surface area contributed by atoms with Crippen LogP contribution in [0.4, 0.5) is 0 Å². The highest BCUT2D eigenvalue weighted by Gasteiger charge is 2.21. The first-order valence-corrected chi connectivity index (χ1v) is 10.2. The molecule has 0 aliphatic carbocycles. The second-order valence-corrected chi connectivity index (χ2v) is 7.05. The van der Waals surface area contributed by atoms with Crippen molar-refractivity contribution < 1.29 is 24.2 Å².